The van der Waals surface area contributed by atoms with Crippen molar-refractivity contribution in [2.24, 2.45) is 0 Å². The van der Waals surface area contributed by atoms with Gasteiger partial charge in [0, 0.05) is 6.54 Å². The molecule has 2 aromatic carbocycles. The number of allylic oxidation sites excluding steroid dienone is 1. The van der Waals surface area contributed by atoms with Crippen LogP contribution < -0.4 is 9.47 Å². The Labute approximate surface area is 193 Å². The molecule has 0 saturated carbocycles. The number of hydrogen-bond acceptors (Lipinski definition) is 7. The van der Waals surface area contributed by atoms with E-state index >= 15 is 0 Å². The van der Waals surface area contributed by atoms with Crippen LogP contribution in [0.15, 0.2) is 52.9 Å². The molecule has 8 nitrogen and oxygen atoms in total. The number of ether oxygens (including phenoxy) is 2. The van der Waals surface area contributed by atoms with Crippen molar-refractivity contribution in [2.45, 2.75) is 37.1 Å². The minimum Gasteiger partial charge on any atom is -0.493 e. The monoisotopic (exact) mass is 465 g/mol. The smallest absolute Gasteiger partial charge is 0.329 e. The van der Waals surface area contributed by atoms with Gasteiger partial charge in [-0.1, -0.05) is 23.8 Å². The lowest BCUT2D eigenvalue weighted by atomic mass is 10.1. The Hall–Kier alpha value is -3.66. The molecule has 0 bridgehead atoms. The molecule has 0 N–H and O–H groups in total. The molecule has 1 heterocycles. The Kier molecular flexibility index (Phi) is 7.49. The standard InChI is InChI=1S/C24H23N3O5S/c1-17-6-9-20(10-7-17)33(29,30)27-12-4-3-5-21(27)24(28)32-22-11-8-18(14-23(22)31-2)13-19(15-25)16-26/h6-11,13-14,21H,3-5,12H2,1-2H3. The van der Waals surface area contributed by atoms with E-state index in [4.69, 9.17) is 20.0 Å². The number of benzene rings is 2. The Balaban J connectivity index is 1.86. The van der Waals surface area contributed by atoms with E-state index in [0.29, 0.717) is 24.8 Å². The van der Waals surface area contributed by atoms with Crippen LogP contribution in [0.5, 0.6) is 11.5 Å². The molecule has 9 heteroatoms. The summed E-state index contributed by atoms with van der Waals surface area (Å²) in [5.41, 5.74) is 1.37. The second-order valence-corrected chi connectivity index (χ2v) is 9.44. The van der Waals surface area contributed by atoms with Crippen LogP contribution in [-0.2, 0) is 14.8 Å². The zero-order valence-corrected chi connectivity index (χ0v) is 19.1. The molecule has 1 atom stereocenters. The number of methoxy groups -OCH3 is 1. The van der Waals surface area contributed by atoms with Gasteiger partial charge in [-0.25, -0.2) is 13.2 Å². The van der Waals surface area contributed by atoms with Crippen LogP contribution in [0.2, 0.25) is 0 Å². The van der Waals surface area contributed by atoms with E-state index in [2.05, 4.69) is 0 Å². The highest BCUT2D eigenvalue weighted by Crippen LogP contribution is 2.32. The molecule has 0 amide bonds. The van der Waals surface area contributed by atoms with E-state index in [1.54, 1.807) is 30.3 Å². The van der Waals surface area contributed by atoms with Crippen LogP contribution in [0.4, 0.5) is 0 Å². The van der Waals surface area contributed by atoms with Gasteiger partial charge in [-0.15, -0.1) is 0 Å². The number of sulfonamides is 1. The molecule has 0 aliphatic carbocycles. The Morgan fingerprint density at radius 3 is 2.42 bits per heavy atom. The number of esters is 1. The van der Waals surface area contributed by atoms with Crippen LogP contribution in [0.1, 0.15) is 30.4 Å². The van der Waals surface area contributed by atoms with Crippen molar-refractivity contribution >= 4 is 22.1 Å². The summed E-state index contributed by atoms with van der Waals surface area (Å²) in [4.78, 5) is 13.2. The first-order valence-corrected chi connectivity index (χ1v) is 11.7. The fourth-order valence-electron chi connectivity index (χ4n) is 3.56. The third-order valence-electron chi connectivity index (χ3n) is 5.30. The predicted octanol–water partition coefficient (Wildman–Crippen LogP) is 3.58. The number of carbonyl (C=O) groups is 1. The molecule has 1 saturated heterocycles. The zero-order valence-electron chi connectivity index (χ0n) is 18.3. The van der Waals surface area contributed by atoms with Gasteiger partial charge in [0.05, 0.1) is 12.0 Å². The van der Waals surface area contributed by atoms with Gasteiger partial charge in [0.2, 0.25) is 10.0 Å². The van der Waals surface area contributed by atoms with Gasteiger partial charge in [-0.3, -0.25) is 0 Å². The average molecular weight is 466 g/mol. The topological polar surface area (TPSA) is 120 Å². The van der Waals surface area contributed by atoms with E-state index in [0.717, 1.165) is 5.56 Å². The predicted molar refractivity (Wildman–Crippen MR) is 121 cm³/mol. The van der Waals surface area contributed by atoms with Crippen molar-refractivity contribution in [1.82, 2.24) is 4.31 Å². The third-order valence-corrected chi connectivity index (χ3v) is 7.23. The molecule has 0 aromatic heterocycles. The first-order valence-electron chi connectivity index (χ1n) is 10.3. The Morgan fingerprint density at radius 2 is 1.79 bits per heavy atom. The van der Waals surface area contributed by atoms with E-state index in [1.165, 1.54) is 41.8 Å². The van der Waals surface area contributed by atoms with Crippen molar-refractivity contribution in [3.05, 3.63) is 59.2 Å². The number of hydrogen-bond donors (Lipinski definition) is 0. The second kappa shape index (κ2) is 10.3. The lowest BCUT2D eigenvalue weighted by molar-refractivity contribution is -0.139. The Morgan fingerprint density at radius 1 is 1.09 bits per heavy atom. The molecule has 0 radical (unpaired) electrons. The maximum Gasteiger partial charge on any atom is 0.329 e. The van der Waals surface area contributed by atoms with E-state index in [9.17, 15) is 13.2 Å². The fourth-order valence-corrected chi connectivity index (χ4v) is 5.21. The third kappa shape index (κ3) is 5.40. The van der Waals surface area contributed by atoms with Gasteiger partial charge >= 0.3 is 5.97 Å². The molecule has 1 aliphatic heterocycles. The molecular weight excluding hydrogens is 442 g/mol. The molecule has 2 aromatic rings. The highest BCUT2D eigenvalue weighted by molar-refractivity contribution is 7.89. The molecule has 170 valence electrons. The first-order chi connectivity index (χ1) is 15.8. The average Bonchev–Trinajstić information content (AvgIpc) is 2.83. The van der Waals surface area contributed by atoms with Gasteiger partial charge in [0.15, 0.2) is 11.5 Å². The van der Waals surface area contributed by atoms with Crippen molar-refractivity contribution in [1.29, 1.82) is 10.5 Å². The van der Waals surface area contributed by atoms with E-state index in [1.807, 2.05) is 6.92 Å². The highest BCUT2D eigenvalue weighted by atomic mass is 32.2. The molecule has 1 aliphatic rings. The first kappa shape index (κ1) is 24.0. The summed E-state index contributed by atoms with van der Waals surface area (Å²) in [6.07, 6.45) is 3.08. The Bertz CT molecular complexity index is 1240. The van der Waals surface area contributed by atoms with Crippen LogP contribution in [0.25, 0.3) is 6.08 Å². The van der Waals surface area contributed by atoms with E-state index < -0.39 is 22.0 Å². The highest BCUT2D eigenvalue weighted by Gasteiger charge is 2.39. The number of nitriles is 2. The zero-order chi connectivity index (χ0) is 24.0. The normalized spacial score (nSPS) is 16.2. The van der Waals surface area contributed by atoms with Crippen molar-refractivity contribution < 1.29 is 22.7 Å². The van der Waals surface area contributed by atoms with Gasteiger partial charge in [0.1, 0.15) is 23.8 Å². The maximum absolute atomic E-state index is 13.2. The lowest BCUT2D eigenvalue weighted by Crippen LogP contribution is -2.49. The van der Waals surface area contributed by atoms with Gasteiger partial charge in [-0.2, -0.15) is 14.8 Å². The minimum atomic E-state index is -3.87. The molecule has 1 unspecified atom stereocenters. The van der Waals surface area contributed by atoms with Gasteiger partial charge in [0.25, 0.3) is 0 Å². The molecular formula is C24H23N3O5S. The quantitative estimate of drug-likeness (QED) is 0.363. The van der Waals surface area contributed by atoms with Crippen LogP contribution >= 0.6 is 0 Å². The largest absolute Gasteiger partial charge is 0.493 e. The SMILES string of the molecule is COc1cc(C=C(C#N)C#N)ccc1OC(=O)C1CCCCN1S(=O)(=O)c1ccc(C)cc1. The van der Waals surface area contributed by atoms with E-state index in [-0.39, 0.29) is 28.5 Å². The summed E-state index contributed by atoms with van der Waals surface area (Å²) in [5.74, 6) is -0.355. The molecule has 0 spiro atoms. The number of rotatable bonds is 6. The van der Waals surface area contributed by atoms with Gasteiger partial charge < -0.3 is 9.47 Å². The lowest BCUT2D eigenvalue weighted by Gasteiger charge is -2.33. The number of nitrogens with zero attached hydrogens (tertiary/aromatic N) is 3. The molecule has 3 rings (SSSR count). The van der Waals surface area contributed by atoms with Crippen molar-refractivity contribution in [3.8, 4) is 23.6 Å². The summed E-state index contributed by atoms with van der Waals surface area (Å²) in [7, 11) is -2.48. The van der Waals surface area contributed by atoms with Crippen molar-refractivity contribution in [3.63, 3.8) is 0 Å². The summed E-state index contributed by atoms with van der Waals surface area (Å²) >= 11 is 0. The fraction of sp³-hybridized carbons (Fsp3) is 0.292. The summed E-state index contributed by atoms with van der Waals surface area (Å²) in [6.45, 7) is 2.09. The van der Waals surface area contributed by atoms with Crippen LogP contribution in [0.3, 0.4) is 0 Å². The molecule has 33 heavy (non-hydrogen) atoms. The van der Waals surface area contributed by atoms with Crippen molar-refractivity contribution in [2.75, 3.05) is 13.7 Å². The second-order valence-electron chi connectivity index (χ2n) is 7.55. The van der Waals surface area contributed by atoms with Gasteiger partial charge in [-0.05, 0) is 62.1 Å². The summed E-state index contributed by atoms with van der Waals surface area (Å²) in [6, 6.07) is 13.7. The number of carbonyl (C=O) groups excluding carboxylic acids is 1. The summed E-state index contributed by atoms with van der Waals surface area (Å²) < 4.78 is 38.5. The minimum absolute atomic E-state index is 0.0824. The maximum atomic E-state index is 13.2. The number of aryl methyl sites for hydroxylation is 1. The molecule has 1 fully saturated rings. The van der Waals surface area contributed by atoms with Crippen LogP contribution in [-0.4, -0.2) is 38.4 Å². The summed E-state index contributed by atoms with van der Waals surface area (Å²) in [5, 5.41) is 17.8. The van der Waals surface area contributed by atoms with Crippen LogP contribution in [0, 0.1) is 29.6 Å². The number of piperidine rings is 1.